The lowest BCUT2D eigenvalue weighted by Gasteiger charge is -2.43. The first-order valence-corrected chi connectivity index (χ1v) is 9.33. The van der Waals surface area contributed by atoms with Gasteiger partial charge < -0.3 is 14.7 Å². The predicted octanol–water partition coefficient (Wildman–Crippen LogP) is 4.26. The van der Waals surface area contributed by atoms with Crippen molar-refractivity contribution in [3.8, 4) is 0 Å². The number of hydrogen-bond acceptors (Lipinski definition) is 3. The third-order valence-corrected chi connectivity index (χ3v) is 5.51. The maximum absolute atomic E-state index is 12.5. The number of rotatable bonds is 6. The summed E-state index contributed by atoms with van der Waals surface area (Å²) in [5, 5.41) is 10.9. The normalized spacial score (nSPS) is 28.8. The van der Waals surface area contributed by atoms with Crippen LogP contribution in [0.3, 0.4) is 0 Å². The van der Waals surface area contributed by atoms with Gasteiger partial charge in [0, 0.05) is 12.1 Å². The molecule has 0 spiro atoms. The quantitative estimate of drug-likeness (QED) is 0.792. The van der Waals surface area contributed by atoms with Gasteiger partial charge >= 0.3 is 6.09 Å². The van der Waals surface area contributed by atoms with Gasteiger partial charge in [-0.25, -0.2) is 4.79 Å². The first kappa shape index (κ1) is 17.3. The van der Waals surface area contributed by atoms with Gasteiger partial charge in [0.1, 0.15) is 6.61 Å². The third-order valence-electron chi connectivity index (χ3n) is 5.51. The molecule has 2 saturated heterocycles. The van der Waals surface area contributed by atoms with Crippen LogP contribution in [0.4, 0.5) is 4.79 Å². The van der Waals surface area contributed by atoms with Crippen molar-refractivity contribution in [1.82, 2.24) is 4.90 Å². The molecule has 3 rings (SSSR count). The van der Waals surface area contributed by atoms with Gasteiger partial charge in [-0.05, 0) is 37.7 Å². The highest BCUT2D eigenvalue weighted by atomic mass is 16.6. The van der Waals surface area contributed by atoms with Crippen molar-refractivity contribution in [3.05, 3.63) is 35.9 Å². The maximum Gasteiger partial charge on any atom is 0.410 e. The Labute approximate surface area is 144 Å². The average Bonchev–Trinajstić information content (AvgIpc) is 2.86. The Hall–Kier alpha value is -1.55. The van der Waals surface area contributed by atoms with Crippen LogP contribution in [0.2, 0.25) is 0 Å². The monoisotopic (exact) mass is 331 g/mol. The molecule has 2 aliphatic rings. The zero-order valence-electron chi connectivity index (χ0n) is 14.6. The SMILES string of the molecule is CCCCCC1(O)CC2CCC(C1)N2C(=O)OCc1ccccc1. The second-order valence-electron chi connectivity index (χ2n) is 7.42. The van der Waals surface area contributed by atoms with Gasteiger partial charge in [0.15, 0.2) is 0 Å². The summed E-state index contributed by atoms with van der Waals surface area (Å²) in [7, 11) is 0. The number of hydrogen-bond donors (Lipinski definition) is 1. The van der Waals surface area contributed by atoms with Crippen LogP contribution in [0, 0.1) is 0 Å². The van der Waals surface area contributed by atoms with Crippen molar-refractivity contribution in [2.45, 2.75) is 82.6 Å². The van der Waals surface area contributed by atoms with Gasteiger partial charge in [0.25, 0.3) is 0 Å². The summed E-state index contributed by atoms with van der Waals surface area (Å²) in [5.74, 6) is 0. The minimum atomic E-state index is -0.586. The smallest absolute Gasteiger partial charge is 0.410 e. The lowest BCUT2D eigenvalue weighted by atomic mass is 9.82. The summed E-state index contributed by atoms with van der Waals surface area (Å²) in [6.45, 7) is 2.50. The van der Waals surface area contributed by atoms with E-state index in [0.717, 1.165) is 31.2 Å². The Kier molecular flexibility index (Phi) is 5.44. The molecule has 1 aromatic rings. The molecule has 0 saturated carbocycles. The molecule has 4 nitrogen and oxygen atoms in total. The van der Waals surface area contributed by atoms with Crippen molar-refractivity contribution in [1.29, 1.82) is 0 Å². The third kappa shape index (κ3) is 3.92. The molecule has 0 aliphatic carbocycles. The summed E-state index contributed by atoms with van der Waals surface area (Å²) in [4.78, 5) is 14.4. The van der Waals surface area contributed by atoms with Crippen LogP contribution >= 0.6 is 0 Å². The van der Waals surface area contributed by atoms with Crippen LogP contribution < -0.4 is 0 Å². The lowest BCUT2D eigenvalue weighted by Crippen LogP contribution is -2.53. The average molecular weight is 331 g/mol. The van der Waals surface area contributed by atoms with Gasteiger partial charge in [0.2, 0.25) is 0 Å². The van der Waals surface area contributed by atoms with E-state index in [1.807, 2.05) is 35.2 Å². The molecule has 2 heterocycles. The molecule has 1 amide bonds. The fraction of sp³-hybridized carbons (Fsp3) is 0.650. The largest absolute Gasteiger partial charge is 0.445 e. The molecule has 2 aliphatic heterocycles. The molecule has 1 N–H and O–H groups in total. The number of aliphatic hydroxyl groups is 1. The number of ether oxygens (including phenoxy) is 1. The van der Waals surface area contributed by atoms with Crippen LogP contribution in [0.1, 0.15) is 63.9 Å². The highest BCUT2D eigenvalue weighted by Crippen LogP contribution is 2.43. The number of amides is 1. The van der Waals surface area contributed by atoms with Crippen LogP contribution in [0.25, 0.3) is 0 Å². The van der Waals surface area contributed by atoms with Crippen molar-refractivity contribution in [2.75, 3.05) is 0 Å². The van der Waals surface area contributed by atoms with E-state index in [4.69, 9.17) is 4.74 Å². The van der Waals surface area contributed by atoms with Gasteiger partial charge in [-0.2, -0.15) is 0 Å². The summed E-state index contributed by atoms with van der Waals surface area (Å²) in [5.41, 5.74) is 0.420. The van der Waals surface area contributed by atoms with Crippen molar-refractivity contribution < 1.29 is 14.6 Å². The van der Waals surface area contributed by atoms with Crippen LogP contribution in [-0.2, 0) is 11.3 Å². The molecule has 0 aromatic heterocycles. The Morgan fingerprint density at radius 1 is 1.21 bits per heavy atom. The number of carbonyl (C=O) groups excluding carboxylic acids is 1. The van der Waals surface area contributed by atoms with E-state index < -0.39 is 5.60 Å². The number of benzene rings is 1. The zero-order valence-corrected chi connectivity index (χ0v) is 14.6. The zero-order chi connectivity index (χ0) is 17.0. The van der Waals surface area contributed by atoms with E-state index in [-0.39, 0.29) is 18.2 Å². The van der Waals surface area contributed by atoms with Gasteiger partial charge in [0.05, 0.1) is 5.60 Å². The van der Waals surface area contributed by atoms with E-state index in [1.165, 1.54) is 12.8 Å². The second-order valence-corrected chi connectivity index (χ2v) is 7.42. The number of carbonyl (C=O) groups is 1. The van der Waals surface area contributed by atoms with E-state index in [0.29, 0.717) is 19.4 Å². The molecule has 2 atom stereocenters. The molecule has 132 valence electrons. The minimum Gasteiger partial charge on any atom is -0.445 e. The molecular formula is C20H29NO3. The fourth-order valence-electron chi connectivity index (χ4n) is 4.32. The molecule has 24 heavy (non-hydrogen) atoms. The fourth-order valence-corrected chi connectivity index (χ4v) is 4.32. The Morgan fingerprint density at radius 2 is 1.88 bits per heavy atom. The highest BCUT2D eigenvalue weighted by molar-refractivity contribution is 5.69. The van der Waals surface area contributed by atoms with Crippen LogP contribution in [0.5, 0.6) is 0 Å². The molecule has 1 aromatic carbocycles. The first-order valence-electron chi connectivity index (χ1n) is 9.33. The molecule has 4 heteroatoms. The summed E-state index contributed by atoms with van der Waals surface area (Å²) < 4.78 is 5.52. The summed E-state index contributed by atoms with van der Waals surface area (Å²) in [6, 6.07) is 10.1. The Balaban J connectivity index is 1.55. The number of unbranched alkanes of at least 4 members (excludes halogenated alkanes) is 2. The van der Waals surface area contributed by atoms with Gasteiger partial charge in [-0.3, -0.25) is 0 Å². The first-order chi connectivity index (χ1) is 11.6. The van der Waals surface area contributed by atoms with Crippen molar-refractivity contribution in [2.24, 2.45) is 0 Å². The standard InChI is InChI=1S/C20H29NO3/c1-2-3-7-12-20(23)13-17-10-11-18(14-20)21(17)19(22)24-15-16-8-5-4-6-9-16/h4-6,8-9,17-18,23H,2-3,7,10-15H2,1H3. The van der Waals surface area contributed by atoms with E-state index >= 15 is 0 Å². The van der Waals surface area contributed by atoms with Crippen molar-refractivity contribution >= 4 is 6.09 Å². The number of piperidine rings is 1. The minimum absolute atomic E-state index is 0.138. The van der Waals surface area contributed by atoms with E-state index in [2.05, 4.69) is 6.92 Å². The summed E-state index contributed by atoms with van der Waals surface area (Å²) in [6.07, 6.45) is 7.43. The predicted molar refractivity (Wildman–Crippen MR) is 93.6 cm³/mol. The topological polar surface area (TPSA) is 49.8 Å². The molecular weight excluding hydrogens is 302 g/mol. The highest BCUT2D eigenvalue weighted by Gasteiger charge is 2.49. The molecule has 2 fully saturated rings. The molecule has 2 unspecified atom stereocenters. The number of nitrogens with zero attached hydrogens (tertiary/aromatic N) is 1. The molecule has 0 radical (unpaired) electrons. The lowest BCUT2D eigenvalue weighted by molar-refractivity contribution is -0.0553. The van der Waals surface area contributed by atoms with Crippen LogP contribution in [0.15, 0.2) is 30.3 Å². The molecule has 2 bridgehead atoms. The van der Waals surface area contributed by atoms with Crippen molar-refractivity contribution in [3.63, 3.8) is 0 Å². The van der Waals surface area contributed by atoms with E-state index in [9.17, 15) is 9.90 Å². The second kappa shape index (κ2) is 7.56. The summed E-state index contributed by atoms with van der Waals surface area (Å²) >= 11 is 0. The Bertz CT molecular complexity index is 531. The van der Waals surface area contributed by atoms with Gasteiger partial charge in [-0.1, -0.05) is 56.5 Å². The maximum atomic E-state index is 12.5. The van der Waals surface area contributed by atoms with Crippen LogP contribution in [-0.4, -0.2) is 33.8 Å². The Morgan fingerprint density at radius 3 is 2.50 bits per heavy atom. The van der Waals surface area contributed by atoms with Gasteiger partial charge in [-0.15, -0.1) is 0 Å². The van der Waals surface area contributed by atoms with E-state index in [1.54, 1.807) is 0 Å². The number of fused-ring (bicyclic) bond motifs is 2.